The molecule has 0 aliphatic carbocycles. The Hall–Kier alpha value is -2.30. The molecule has 3 nitrogen and oxygen atoms in total. The molecule has 4 rings (SSSR count). The zero-order chi connectivity index (χ0) is 20.2. The predicted molar refractivity (Wildman–Crippen MR) is 121 cm³/mol. The fourth-order valence-electron chi connectivity index (χ4n) is 3.56. The Morgan fingerprint density at radius 1 is 0.897 bits per heavy atom. The number of para-hydroxylation sites is 1. The Morgan fingerprint density at radius 2 is 1.66 bits per heavy atom. The lowest BCUT2D eigenvalue weighted by atomic mass is 10.1. The van der Waals surface area contributed by atoms with E-state index >= 15 is 0 Å². The maximum Gasteiger partial charge on any atom is 0.0914 e. The number of halogens is 2. The van der Waals surface area contributed by atoms with Crippen LogP contribution in [0.4, 0.5) is 0 Å². The molecule has 1 aromatic heterocycles. The first-order valence-corrected chi connectivity index (χ1v) is 10.3. The second-order valence-corrected chi connectivity index (χ2v) is 7.94. The topological polar surface area (TPSA) is 37.2 Å². The van der Waals surface area contributed by atoms with Crippen LogP contribution in [0.2, 0.25) is 10.0 Å². The molecule has 0 radical (unpaired) electrons. The zero-order valence-electron chi connectivity index (χ0n) is 15.9. The van der Waals surface area contributed by atoms with Crippen molar-refractivity contribution in [2.24, 2.45) is 0 Å². The average molecular weight is 425 g/mol. The number of aliphatic hydroxyl groups is 1. The standard InChI is InChI=1S/C24H22Cl2N2O/c25-20-11-10-18(22(26)12-20)15-28-16-19(21-8-4-5-9-23(21)28)13-27-14-24(29)17-6-2-1-3-7-17/h1-12,16,24,27,29H,13-15H2/t24-/m1/s1. The number of hydrogen-bond donors (Lipinski definition) is 2. The molecule has 0 aliphatic heterocycles. The molecule has 0 saturated carbocycles. The summed E-state index contributed by atoms with van der Waals surface area (Å²) in [5.74, 6) is 0. The molecule has 0 amide bonds. The van der Waals surface area contributed by atoms with Gasteiger partial charge in [-0.1, -0.05) is 77.8 Å². The summed E-state index contributed by atoms with van der Waals surface area (Å²) in [6.45, 7) is 1.83. The van der Waals surface area contributed by atoms with Gasteiger partial charge in [0.25, 0.3) is 0 Å². The van der Waals surface area contributed by atoms with Crippen molar-refractivity contribution in [2.75, 3.05) is 6.54 Å². The minimum atomic E-state index is -0.530. The average Bonchev–Trinajstić information content (AvgIpc) is 3.08. The van der Waals surface area contributed by atoms with Crippen LogP contribution in [0.3, 0.4) is 0 Å². The van der Waals surface area contributed by atoms with Crippen LogP contribution in [-0.4, -0.2) is 16.2 Å². The number of aromatic nitrogens is 1. The Balaban J connectivity index is 1.51. The number of nitrogens with one attached hydrogen (secondary N) is 1. The predicted octanol–water partition coefficient (Wildman–Crippen LogP) is 5.82. The number of benzene rings is 3. The van der Waals surface area contributed by atoms with Gasteiger partial charge in [0.15, 0.2) is 0 Å². The van der Waals surface area contributed by atoms with Crippen molar-refractivity contribution in [3.63, 3.8) is 0 Å². The third kappa shape index (κ3) is 4.65. The molecule has 2 N–H and O–H groups in total. The normalized spacial score (nSPS) is 12.4. The van der Waals surface area contributed by atoms with Gasteiger partial charge in [-0.05, 0) is 34.9 Å². The van der Waals surface area contributed by atoms with Gasteiger partial charge in [-0.15, -0.1) is 0 Å². The number of hydrogen-bond acceptors (Lipinski definition) is 2. The molecule has 5 heteroatoms. The molecular formula is C24H22Cl2N2O. The molecular weight excluding hydrogens is 403 g/mol. The molecule has 3 aromatic carbocycles. The lowest BCUT2D eigenvalue weighted by Crippen LogP contribution is -2.20. The van der Waals surface area contributed by atoms with Gasteiger partial charge >= 0.3 is 0 Å². The molecule has 148 valence electrons. The van der Waals surface area contributed by atoms with Crippen LogP contribution in [0.5, 0.6) is 0 Å². The van der Waals surface area contributed by atoms with Gasteiger partial charge in [0.1, 0.15) is 0 Å². The molecule has 1 atom stereocenters. The zero-order valence-corrected chi connectivity index (χ0v) is 17.4. The first kappa shape index (κ1) is 20.0. The smallest absolute Gasteiger partial charge is 0.0914 e. The van der Waals surface area contributed by atoms with E-state index in [0.29, 0.717) is 29.7 Å². The number of aliphatic hydroxyl groups excluding tert-OH is 1. The minimum Gasteiger partial charge on any atom is -0.387 e. The van der Waals surface area contributed by atoms with Gasteiger partial charge in [-0.25, -0.2) is 0 Å². The third-order valence-electron chi connectivity index (χ3n) is 5.06. The molecule has 0 unspecified atom stereocenters. The SMILES string of the molecule is O[C@H](CNCc1cn(Cc2ccc(Cl)cc2Cl)c2ccccc12)c1ccccc1. The lowest BCUT2D eigenvalue weighted by molar-refractivity contribution is 0.174. The maximum atomic E-state index is 10.4. The second-order valence-electron chi connectivity index (χ2n) is 7.09. The number of nitrogens with zero attached hydrogens (tertiary/aromatic N) is 1. The molecule has 1 heterocycles. The molecule has 0 saturated heterocycles. The fourth-order valence-corrected chi connectivity index (χ4v) is 4.03. The van der Waals surface area contributed by atoms with E-state index in [0.717, 1.165) is 16.6 Å². The van der Waals surface area contributed by atoms with Crippen molar-refractivity contribution in [2.45, 2.75) is 19.2 Å². The Labute approximate surface area is 180 Å². The van der Waals surface area contributed by atoms with Gasteiger partial charge in [0.2, 0.25) is 0 Å². The highest BCUT2D eigenvalue weighted by Gasteiger charge is 2.11. The Bertz CT molecular complexity index is 1110. The molecule has 0 aliphatic rings. The summed E-state index contributed by atoms with van der Waals surface area (Å²) in [4.78, 5) is 0. The van der Waals surface area contributed by atoms with E-state index < -0.39 is 6.10 Å². The summed E-state index contributed by atoms with van der Waals surface area (Å²) < 4.78 is 2.20. The lowest BCUT2D eigenvalue weighted by Gasteiger charge is -2.11. The van der Waals surface area contributed by atoms with Gasteiger partial charge in [0.05, 0.1) is 6.10 Å². The van der Waals surface area contributed by atoms with E-state index in [1.54, 1.807) is 6.07 Å². The van der Waals surface area contributed by atoms with E-state index in [1.165, 1.54) is 10.9 Å². The van der Waals surface area contributed by atoms with E-state index in [9.17, 15) is 5.11 Å². The van der Waals surface area contributed by atoms with Gasteiger partial charge in [-0.2, -0.15) is 0 Å². The highest BCUT2D eigenvalue weighted by atomic mass is 35.5. The van der Waals surface area contributed by atoms with Gasteiger partial charge in [0, 0.05) is 46.8 Å². The largest absolute Gasteiger partial charge is 0.387 e. The Morgan fingerprint density at radius 3 is 2.45 bits per heavy atom. The highest BCUT2D eigenvalue weighted by molar-refractivity contribution is 6.35. The molecule has 29 heavy (non-hydrogen) atoms. The maximum absolute atomic E-state index is 10.4. The van der Waals surface area contributed by atoms with Crippen molar-refractivity contribution in [3.05, 3.63) is 106 Å². The summed E-state index contributed by atoms with van der Waals surface area (Å²) in [6.07, 6.45) is 1.62. The van der Waals surface area contributed by atoms with Crippen molar-refractivity contribution in [1.82, 2.24) is 9.88 Å². The van der Waals surface area contributed by atoms with Crippen LogP contribution >= 0.6 is 23.2 Å². The van der Waals surface area contributed by atoms with Crippen molar-refractivity contribution in [3.8, 4) is 0 Å². The van der Waals surface area contributed by atoms with Crippen molar-refractivity contribution >= 4 is 34.1 Å². The van der Waals surface area contributed by atoms with Crippen molar-refractivity contribution < 1.29 is 5.11 Å². The van der Waals surface area contributed by atoms with Crippen LogP contribution in [0.1, 0.15) is 22.8 Å². The van der Waals surface area contributed by atoms with Crippen LogP contribution < -0.4 is 5.32 Å². The number of fused-ring (bicyclic) bond motifs is 1. The quantitative estimate of drug-likeness (QED) is 0.392. The summed E-state index contributed by atoms with van der Waals surface area (Å²) in [7, 11) is 0. The number of rotatable bonds is 7. The van der Waals surface area contributed by atoms with Crippen molar-refractivity contribution in [1.29, 1.82) is 0 Å². The van der Waals surface area contributed by atoms with Gasteiger partial charge in [-0.3, -0.25) is 0 Å². The molecule has 0 bridgehead atoms. The van der Waals surface area contributed by atoms with Gasteiger partial charge < -0.3 is 15.0 Å². The molecule has 0 fully saturated rings. The second kappa shape index (κ2) is 9.02. The summed E-state index contributed by atoms with van der Waals surface area (Å²) >= 11 is 12.4. The molecule has 4 aromatic rings. The summed E-state index contributed by atoms with van der Waals surface area (Å²) in [6, 6.07) is 23.6. The minimum absolute atomic E-state index is 0.493. The third-order valence-corrected chi connectivity index (χ3v) is 5.65. The first-order chi connectivity index (χ1) is 14.1. The first-order valence-electron chi connectivity index (χ1n) is 9.56. The Kier molecular flexibility index (Phi) is 6.22. The van der Waals surface area contributed by atoms with E-state index in [-0.39, 0.29) is 0 Å². The van der Waals surface area contributed by atoms with Crippen LogP contribution in [-0.2, 0) is 13.1 Å². The highest BCUT2D eigenvalue weighted by Crippen LogP contribution is 2.26. The van der Waals surface area contributed by atoms with Crippen LogP contribution in [0.15, 0.2) is 79.0 Å². The molecule has 0 spiro atoms. The summed E-state index contributed by atoms with van der Waals surface area (Å²) in [5.41, 5.74) is 4.28. The van der Waals surface area contributed by atoms with E-state index in [4.69, 9.17) is 23.2 Å². The van der Waals surface area contributed by atoms with E-state index in [1.807, 2.05) is 54.6 Å². The van der Waals surface area contributed by atoms with E-state index in [2.05, 4.69) is 28.2 Å². The van der Waals surface area contributed by atoms with Crippen LogP contribution in [0.25, 0.3) is 10.9 Å². The summed E-state index contributed by atoms with van der Waals surface area (Å²) in [5, 5.41) is 16.3. The van der Waals surface area contributed by atoms with Crippen LogP contribution in [0, 0.1) is 0 Å². The monoisotopic (exact) mass is 424 g/mol. The fraction of sp³-hybridized carbons (Fsp3) is 0.167.